The molecule has 108 valence electrons. The SMILES string of the molecule is C[C@H](Sc1ncnc2c1oc1ccccc12)c1ccccc1. The molecule has 0 unspecified atom stereocenters. The first kappa shape index (κ1) is 13.3. The standard InChI is InChI=1S/C18H14N2OS/c1-12(13-7-3-2-4-8-13)22-18-17-16(19-11-20-18)14-9-5-6-10-15(14)21-17/h2-12H,1H3/t12-/m0/s1. The van der Waals surface area contributed by atoms with Crippen molar-refractivity contribution in [1.29, 1.82) is 0 Å². The predicted octanol–water partition coefficient (Wildman–Crippen LogP) is 5.23. The minimum absolute atomic E-state index is 0.299. The molecule has 2 aromatic heterocycles. The van der Waals surface area contributed by atoms with Gasteiger partial charge < -0.3 is 4.42 Å². The van der Waals surface area contributed by atoms with Gasteiger partial charge in [0.25, 0.3) is 0 Å². The van der Waals surface area contributed by atoms with Crippen molar-refractivity contribution in [1.82, 2.24) is 9.97 Å². The van der Waals surface area contributed by atoms with Crippen molar-refractivity contribution in [2.45, 2.75) is 17.2 Å². The molecular weight excluding hydrogens is 292 g/mol. The van der Waals surface area contributed by atoms with Crippen LogP contribution in [0.5, 0.6) is 0 Å². The van der Waals surface area contributed by atoms with Crippen molar-refractivity contribution in [3.05, 3.63) is 66.5 Å². The normalized spacial score (nSPS) is 12.8. The summed E-state index contributed by atoms with van der Waals surface area (Å²) < 4.78 is 5.97. The average molecular weight is 306 g/mol. The molecule has 1 atom stereocenters. The Morgan fingerprint density at radius 3 is 2.59 bits per heavy atom. The first-order chi connectivity index (χ1) is 10.8. The number of para-hydroxylation sites is 1. The van der Waals surface area contributed by atoms with Crippen LogP contribution < -0.4 is 0 Å². The minimum Gasteiger partial charge on any atom is -0.451 e. The topological polar surface area (TPSA) is 38.9 Å². The molecule has 0 radical (unpaired) electrons. The highest BCUT2D eigenvalue weighted by molar-refractivity contribution is 7.99. The summed E-state index contributed by atoms with van der Waals surface area (Å²) in [6.07, 6.45) is 1.62. The fourth-order valence-corrected chi connectivity index (χ4v) is 3.53. The van der Waals surface area contributed by atoms with Crippen LogP contribution in [0.3, 0.4) is 0 Å². The van der Waals surface area contributed by atoms with E-state index in [2.05, 4.69) is 41.2 Å². The number of thioether (sulfide) groups is 1. The van der Waals surface area contributed by atoms with Crippen LogP contribution in [-0.4, -0.2) is 9.97 Å². The van der Waals surface area contributed by atoms with Crippen LogP contribution in [0.15, 0.2) is 70.4 Å². The zero-order chi connectivity index (χ0) is 14.9. The quantitative estimate of drug-likeness (QED) is 0.384. The molecule has 0 saturated heterocycles. The third kappa shape index (κ3) is 2.25. The molecule has 4 heteroatoms. The molecule has 0 aliphatic rings. The number of benzene rings is 2. The highest BCUT2D eigenvalue weighted by Crippen LogP contribution is 2.39. The predicted molar refractivity (Wildman–Crippen MR) is 90.0 cm³/mol. The van der Waals surface area contributed by atoms with Gasteiger partial charge in [-0.05, 0) is 24.6 Å². The van der Waals surface area contributed by atoms with Gasteiger partial charge in [0.1, 0.15) is 22.5 Å². The number of nitrogens with zero attached hydrogens (tertiary/aromatic N) is 2. The van der Waals surface area contributed by atoms with E-state index in [1.165, 1.54) is 5.56 Å². The maximum Gasteiger partial charge on any atom is 0.186 e. The summed E-state index contributed by atoms with van der Waals surface area (Å²) in [5.41, 5.74) is 3.78. The van der Waals surface area contributed by atoms with Crippen LogP contribution in [0.1, 0.15) is 17.7 Å². The van der Waals surface area contributed by atoms with E-state index in [0.717, 1.165) is 27.1 Å². The largest absolute Gasteiger partial charge is 0.451 e. The van der Waals surface area contributed by atoms with Crippen molar-refractivity contribution in [3.63, 3.8) is 0 Å². The molecule has 0 N–H and O–H groups in total. The van der Waals surface area contributed by atoms with Crippen molar-refractivity contribution in [3.8, 4) is 0 Å². The Bertz CT molecular complexity index is 934. The second kappa shape index (κ2) is 5.46. The van der Waals surface area contributed by atoms with E-state index >= 15 is 0 Å². The lowest BCUT2D eigenvalue weighted by atomic mass is 10.2. The van der Waals surface area contributed by atoms with Gasteiger partial charge in [0.15, 0.2) is 5.58 Å². The van der Waals surface area contributed by atoms with Gasteiger partial charge in [-0.2, -0.15) is 0 Å². The Kier molecular flexibility index (Phi) is 3.31. The van der Waals surface area contributed by atoms with Gasteiger partial charge >= 0.3 is 0 Å². The first-order valence-corrected chi connectivity index (χ1v) is 8.05. The summed E-state index contributed by atoms with van der Waals surface area (Å²) in [6, 6.07) is 18.4. The van der Waals surface area contributed by atoms with E-state index in [0.29, 0.717) is 5.25 Å². The highest BCUT2D eigenvalue weighted by atomic mass is 32.2. The van der Waals surface area contributed by atoms with Gasteiger partial charge in [0.2, 0.25) is 0 Å². The lowest BCUT2D eigenvalue weighted by Gasteiger charge is -2.10. The summed E-state index contributed by atoms with van der Waals surface area (Å²) in [4.78, 5) is 8.82. The van der Waals surface area contributed by atoms with Gasteiger partial charge in [-0.1, -0.05) is 54.2 Å². The van der Waals surface area contributed by atoms with Crippen LogP contribution in [-0.2, 0) is 0 Å². The molecular formula is C18H14N2OS. The number of hydrogen-bond donors (Lipinski definition) is 0. The summed E-state index contributed by atoms with van der Waals surface area (Å²) in [7, 11) is 0. The fraction of sp³-hybridized carbons (Fsp3) is 0.111. The van der Waals surface area contributed by atoms with Crippen molar-refractivity contribution in [2.24, 2.45) is 0 Å². The van der Waals surface area contributed by atoms with Crippen molar-refractivity contribution < 1.29 is 4.42 Å². The number of aromatic nitrogens is 2. The Labute approximate surface area is 132 Å². The van der Waals surface area contributed by atoms with Crippen LogP contribution in [0, 0.1) is 0 Å². The van der Waals surface area contributed by atoms with Crippen LogP contribution in [0.2, 0.25) is 0 Å². The number of rotatable bonds is 3. The van der Waals surface area contributed by atoms with Gasteiger partial charge in [0.05, 0.1) is 0 Å². The maximum atomic E-state index is 5.97. The summed E-state index contributed by atoms with van der Waals surface area (Å²) >= 11 is 1.70. The number of fused-ring (bicyclic) bond motifs is 3. The van der Waals surface area contributed by atoms with Gasteiger partial charge in [-0.3, -0.25) is 0 Å². The second-order valence-electron chi connectivity index (χ2n) is 5.13. The molecule has 0 fully saturated rings. The Morgan fingerprint density at radius 1 is 0.955 bits per heavy atom. The van der Waals surface area contributed by atoms with Gasteiger partial charge in [0, 0.05) is 10.6 Å². The lowest BCUT2D eigenvalue weighted by Crippen LogP contribution is -1.90. The Balaban J connectivity index is 1.79. The number of hydrogen-bond acceptors (Lipinski definition) is 4. The maximum absolute atomic E-state index is 5.97. The Morgan fingerprint density at radius 2 is 1.73 bits per heavy atom. The number of furan rings is 1. The van der Waals surface area contributed by atoms with E-state index in [1.54, 1.807) is 18.1 Å². The second-order valence-corrected chi connectivity index (χ2v) is 6.46. The van der Waals surface area contributed by atoms with Gasteiger partial charge in [-0.25, -0.2) is 9.97 Å². The van der Waals surface area contributed by atoms with Crippen LogP contribution in [0.25, 0.3) is 22.1 Å². The molecule has 3 nitrogen and oxygen atoms in total. The molecule has 0 bridgehead atoms. The zero-order valence-electron chi connectivity index (χ0n) is 12.1. The van der Waals surface area contributed by atoms with E-state index < -0.39 is 0 Å². The minimum atomic E-state index is 0.299. The molecule has 0 aliphatic heterocycles. The van der Waals surface area contributed by atoms with E-state index in [4.69, 9.17) is 4.42 Å². The molecule has 0 amide bonds. The monoisotopic (exact) mass is 306 g/mol. The van der Waals surface area contributed by atoms with Crippen LogP contribution in [0.4, 0.5) is 0 Å². The molecule has 0 spiro atoms. The van der Waals surface area contributed by atoms with Gasteiger partial charge in [-0.15, -0.1) is 0 Å². The van der Waals surface area contributed by atoms with Crippen molar-refractivity contribution >= 4 is 33.8 Å². The zero-order valence-corrected chi connectivity index (χ0v) is 12.9. The molecule has 4 aromatic rings. The lowest BCUT2D eigenvalue weighted by molar-refractivity contribution is 0.653. The third-order valence-corrected chi connectivity index (χ3v) is 4.82. The van der Waals surface area contributed by atoms with E-state index in [-0.39, 0.29) is 0 Å². The average Bonchev–Trinajstić information content (AvgIpc) is 2.95. The molecule has 0 saturated carbocycles. The molecule has 22 heavy (non-hydrogen) atoms. The van der Waals surface area contributed by atoms with E-state index in [1.807, 2.05) is 30.3 Å². The first-order valence-electron chi connectivity index (χ1n) is 7.17. The summed E-state index contributed by atoms with van der Waals surface area (Å²) in [6.45, 7) is 2.18. The summed E-state index contributed by atoms with van der Waals surface area (Å²) in [5.74, 6) is 0. The smallest absolute Gasteiger partial charge is 0.186 e. The Hall–Kier alpha value is -2.33. The third-order valence-electron chi connectivity index (χ3n) is 3.68. The van der Waals surface area contributed by atoms with Crippen molar-refractivity contribution in [2.75, 3.05) is 0 Å². The molecule has 0 aliphatic carbocycles. The molecule has 2 aromatic carbocycles. The fourth-order valence-electron chi connectivity index (χ4n) is 2.55. The van der Waals surface area contributed by atoms with Crippen LogP contribution >= 0.6 is 11.8 Å². The van der Waals surface area contributed by atoms with E-state index in [9.17, 15) is 0 Å². The highest BCUT2D eigenvalue weighted by Gasteiger charge is 2.16. The molecule has 2 heterocycles. The summed E-state index contributed by atoms with van der Waals surface area (Å²) in [5, 5.41) is 2.22. The molecule has 4 rings (SSSR count).